The molecular formula is C21H21ClN4O3. The van der Waals surface area contributed by atoms with E-state index >= 15 is 0 Å². The second-order valence-corrected chi connectivity index (χ2v) is 6.37. The molecule has 0 fully saturated rings. The molecule has 150 valence electrons. The Bertz CT molecular complexity index is 932. The molecule has 2 rings (SSSR count). The number of amides is 3. The Morgan fingerprint density at radius 1 is 1.10 bits per heavy atom. The fraction of sp³-hybridized carbons (Fsp3) is 0.190. The molecule has 0 unspecified atom stereocenters. The van der Waals surface area contributed by atoms with Crippen molar-refractivity contribution in [3.05, 3.63) is 70.4 Å². The summed E-state index contributed by atoms with van der Waals surface area (Å²) in [4.78, 5) is 24.5. The van der Waals surface area contributed by atoms with Crippen LogP contribution in [0.4, 0.5) is 10.5 Å². The van der Waals surface area contributed by atoms with Crippen molar-refractivity contribution in [1.29, 1.82) is 5.26 Å². The molecule has 3 N–H and O–H groups in total. The number of benzene rings is 2. The summed E-state index contributed by atoms with van der Waals surface area (Å²) in [5.41, 5.74) is 1.72. The van der Waals surface area contributed by atoms with Crippen molar-refractivity contribution < 1.29 is 14.3 Å². The first-order valence-electron chi connectivity index (χ1n) is 8.84. The second-order valence-electron chi connectivity index (χ2n) is 5.94. The smallest absolute Gasteiger partial charge is 0.326 e. The average Bonchev–Trinajstić information content (AvgIpc) is 2.72. The molecule has 3 amide bonds. The third kappa shape index (κ3) is 6.55. The predicted molar refractivity (Wildman–Crippen MR) is 111 cm³/mol. The number of methoxy groups -OCH3 is 1. The molecule has 8 heteroatoms. The van der Waals surface area contributed by atoms with Crippen LogP contribution in [-0.4, -0.2) is 19.0 Å². The zero-order valence-corrected chi connectivity index (χ0v) is 16.8. The molecule has 0 heterocycles. The van der Waals surface area contributed by atoms with Gasteiger partial charge in [0.2, 0.25) is 0 Å². The lowest BCUT2D eigenvalue weighted by Crippen LogP contribution is -2.36. The molecule has 0 aliphatic carbocycles. The maximum atomic E-state index is 12.4. The van der Waals surface area contributed by atoms with Gasteiger partial charge in [0.1, 0.15) is 17.4 Å². The van der Waals surface area contributed by atoms with Crippen LogP contribution in [0.1, 0.15) is 18.9 Å². The number of nitriles is 1. The highest BCUT2D eigenvalue weighted by Gasteiger charge is 2.17. The van der Waals surface area contributed by atoms with Crippen molar-refractivity contribution in [2.24, 2.45) is 0 Å². The van der Waals surface area contributed by atoms with Crippen LogP contribution in [0.2, 0.25) is 5.02 Å². The van der Waals surface area contributed by atoms with Gasteiger partial charge < -0.3 is 15.4 Å². The highest BCUT2D eigenvalue weighted by Crippen LogP contribution is 2.15. The number of imide groups is 1. The molecule has 7 nitrogen and oxygen atoms in total. The number of hydrogen-bond donors (Lipinski definition) is 3. The highest BCUT2D eigenvalue weighted by molar-refractivity contribution is 6.30. The SMILES string of the molecule is CCC(NCc1ccc(Cl)cc1)=C(C#N)C(=O)NC(=O)Nc1ccc(OC)cc1. The van der Waals surface area contributed by atoms with Crippen molar-refractivity contribution in [2.45, 2.75) is 19.9 Å². The number of nitrogens with zero attached hydrogens (tertiary/aromatic N) is 1. The van der Waals surface area contributed by atoms with Crippen LogP contribution in [0.3, 0.4) is 0 Å². The Kier molecular flexibility index (Phi) is 8.07. The molecule has 0 aliphatic rings. The average molecular weight is 413 g/mol. The van der Waals surface area contributed by atoms with E-state index < -0.39 is 11.9 Å². The van der Waals surface area contributed by atoms with Gasteiger partial charge in [-0.15, -0.1) is 0 Å². The minimum absolute atomic E-state index is 0.147. The zero-order chi connectivity index (χ0) is 21.2. The number of rotatable bonds is 7. The van der Waals surface area contributed by atoms with Crippen LogP contribution in [0, 0.1) is 11.3 Å². The lowest BCUT2D eigenvalue weighted by molar-refractivity contribution is -0.116. The summed E-state index contributed by atoms with van der Waals surface area (Å²) in [6.07, 6.45) is 0.421. The Morgan fingerprint density at radius 2 is 1.76 bits per heavy atom. The fourth-order valence-electron chi connectivity index (χ4n) is 2.46. The van der Waals surface area contributed by atoms with Crippen LogP contribution >= 0.6 is 11.6 Å². The van der Waals surface area contributed by atoms with E-state index in [-0.39, 0.29) is 5.57 Å². The first-order valence-corrected chi connectivity index (χ1v) is 9.22. The lowest BCUT2D eigenvalue weighted by Gasteiger charge is -2.12. The number of ether oxygens (including phenoxy) is 1. The van der Waals surface area contributed by atoms with Gasteiger partial charge in [0.15, 0.2) is 0 Å². The van der Waals surface area contributed by atoms with Crippen molar-refractivity contribution in [2.75, 3.05) is 12.4 Å². The third-order valence-electron chi connectivity index (χ3n) is 3.99. The number of anilines is 1. The van der Waals surface area contributed by atoms with E-state index in [2.05, 4.69) is 16.0 Å². The molecule has 0 atom stereocenters. The lowest BCUT2D eigenvalue weighted by atomic mass is 10.1. The molecule has 0 aliphatic heterocycles. The van der Waals surface area contributed by atoms with Gasteiger partial charge in [-0.05, 0) is 48.4 Å². The summed E-state index contributed by atoms with van der Waals surface area (Å²) in [7, 11) is 1.54. The molecule has 0 spiro atoms. The van der Waals surface area contributed by atoms with Gasteiger partial charge >= 0.3 is 6.03 Å². The summed E-state index contributed by atoms with van der Waals surface area (Å²) in [5.74, 6) is -0.139. The van der Waals surface area contributed by atoms with E-state index in [0.717, 1.165) is 5.56 Å². The summed E-state index contributed by atoms with van der Waals surface area (Å²) >= 11 is 5.87. The molecular weight excluding hydrogens is 392 g/mol. The molecule has 2 aromatic carbocycles. The van der Waals surface area contributed by atoms with Gasteiger partial charge in [0.05, 0.1) is 7.11 Å². The maximum Gasteiger partial charge on any atom is 0.326 e. The first kappa shape index (κ1) is 21.8. The Morgan fingerprint density at radius 3 is 2.31 bits per heavy atom. The van der Waals surface area contributed by atoms with E-state index in [1.165, 1.54) is 7.11 Å². The molecule has 0 aromatic heterocycles. The fourth-order valence-corrected chi connectivity index (χ4v) is 2.58. The van der Waals surface area contributed by atoms with E-state index in [9.17, 15) is 14.9 Å². The number of carbonyl (C=O) groups excluding carboxylic acids is 2. The first-order chi connectivity index (χ1) is 14.0. The summed E-state index contributed by atoms with van der Waals surface area (Å²) < 4.78 is 5.05. The highest BCUT2D eigenvalue weighted by atomic mass is 35.5. The maximum absolute atomic E-state index is 12.4. The zero-order valence-electron chi connectivity index (χ0n) is 16.1. The number of allylic oxidation sites excluding steroid dienone is 1. The molecule has 2 aromatic rings. The summed E-state index contributed by atoms with van der Waals surface area (Å²) in [6, 6.07) is 15.0. The Balaban J connectivity index is 2.02. The molecule has 29 heavy (non-hydrogen) atoms. The van der Waals surface area contributed by atoms with Gasteiger partial charge in [-0.2, -0.15) is 5.26 Å². The predicted octanol–water partition coefficient (Wildman–Crippen LogP) is 3.97. The van der Waals surface area contributed by atoms with Gasteiger partial charge in [-0.3, -0.25) is 10.1 Å². The van der Waals surface area contributed by atoms with E-state index in [1.807, 2.05) is 25.1 Å². The van der Waals surface area contributed by atoms with E-state index in [0.29, 0.717) is 35.1 Å². The molecule has 0 saturated heterocycles. The topological polar surface area (TPSA) is 103 Å². The minimum Gasteiger partial charge on any atom is -0.497 e. The van der Waals surface area contributed by atoms with E-state index in [4.69, 9.17) is 16.3 Å². The Hall–Kier alpha value is -3.50. The standard InChI is InChI=1S/C21H21ClN4O3/c1-3-19(24-13-14-4-6-15(22)7-5-14)18(12-23)20(27)26-21(28)25-16-8-10-17(29-2)11-9-16/h4-11,24H,3,13H2,1-2H3,(H2,25,26,27,28). The van der Waals surface area contributed by atoms with Crippen LogP contribution in [0.25, 0.3) is 0 Å². The van der Waals surface area contributed by atoms with Gasteiger partial charge in [-0.1, -0.05) is 30.7 Å². The van der Waals surface area contributed by atoms with Gasteiger partial charge in [0.25, 0.3) is 5.91 Å². The van der Waals surface area contributed by atoms with Crippen LogP contribution in [0.15, 0.2) is 59.8 Å². The number of hydrogen-bond acceptors (Lipinski definition) is 5. The van der Waals surface area contributed by atoms with Gasteiger partial charge in [0, 0.05) is 23.0 Å². The van der Waals surface area contributed by atoms with Crippen molar-refractivity contribution >= 4 is 29.2 Å². The molecule has 0 bridgehead atoms. The monoisotopic (exact) mass is 412 g/mol. The third-order valence-corrected chi connectivity index (χ3v) is 4.24. The van der Waals surface area contributed by atoms with Crippen molar-refractivity contribution in [3.63, 3.8) is 0 Å². The number of urea groups is 1. The van der Waals surface area contributed by atoms with E-state index in [1.54, 1.807) is 36.4 Å². The minimum atomic E-state index is -0.779. The normalized spacial score (nSPS) is 11.0. The summed E-state index contributed by atoms with van der Waals surface area (Å²) in [6.45, 7) is 2.23. The number of halogens is 1. The van der Waals surface area contributed by atoms with Crippen LogP contribution in [-0.2, 0) is 11.3 Å². The molecule has 0 saturated carbocycles. The Labute approximate surface area is 174 Å². The van der Waals surface area contributed by atoms with Crippen LogP contribution < -0.4 is 20.7 Å². The number of nitrogens with one attached hydrogen (secondary N) is 3. The quantitative estimate of drug-likeness (QED) is 0.471. The van der Waals surface area contributed by atoms with Gasteiger partial charge in [-0.25, -0.2) is 4.79 Å². The molecule has 0 radical (unpaired) electrons. The number of carbonyl (C=O) groups is 2. The second kappa shape index (κ2) is 10.7. The van der Waals surface area contributed by atoms with Crippen molar-refractivity contribution in [1.82, 2.24) is 10.6 Å². The summed E-state index contributed by atoms with van der Waals surface area (Å²) in [5, 5.41) is 17.8. The van der Waals surface area contributed by atoms with Crippen LogP contribution in [0.5, 0.6) is 5.75 Å². The largest absolute Gasteiger partial charge is 0.497 e. The van der Waals surface area contributed by atoms with Crippen molar-refractivity contribution in [3.8, 4) is 11.8 Å².